The van der Waals surface area contributed by atoms with Crippen LogP contribution in [0.1, 0.15) is 10.4 Å². The molecule has 0 unspecified atom stereocenters. The zero-order valence-electron chi connectivity index (χ0n) is 15.2. The van der Waals surface area contributed by atoms with Gasteiger partial charge in [0.2, 0.25) is 5.91 Å². The van der Waals surface area contributed by atoms with Gasteiger partial charge in [-0.2, -0.15) is 0 Å². The predicted octanol–water partition coefficient (Wildman–Crippen LogP) is 6.88. The summed E-state index contributed by atoms with van der Waals surface area (Å²) in [6.45, 7) is 0. The van der Waals surface area contributed by atoms with Crippen molar-refractivity contribution in [2.24, 2.45) is 0 Å². The number of nitrogens with one attached hydrogen (secondary N) is 2. The number of benzene rings is 3. The molecule has 0 aliphatic rings. The molecule has 0 aliphatic carbocycles. The lowest BCUT2D eigenvalue weighted by Gasteiger charge is -2.09. The Morgan fingerprint density at radius 2 is 1.70 bits per heavy atom. The van der Waals surface area contributed by atoms with Crippen molar-refractivity contribution in [1.29, 1.82) is 0 Å². The van der Waals surface area contributed by atoms with Crippen LogP contribution in [0.4, 0.5) is 15.8 Å². The van der Waals surface area contributed by atoms with Crippen LogP contribution in [-0.2, 0) is 4.79 Å². The van der Waals surface area contributed by atoms with E-state index in [1.165, 1.54) is 30.0 Å². The second-order valence-electron chi connectivity index (χ2n) is 6.06. The molecule has 3 aromatic rings. The van der Waals surface area contributed by atoms with E-state index in [0.29, 0.717) is 20.7 Å². The van der Waals surface area contributed by atoms with E-state index in [1.807, 2.05) is 0 Å². The fraction of sp³-hybridized carbons (Fsp3) is 0.0476. The molecule has 3 rings (SSSR count). The van der Waals surface area contributed by atoms with E-state index in [9.17, 15) is 14.0 Å². The van der Waals surface area contributed by atoms with Crippen LogP contribution < -0.4 is 10.6 Å². The normalized spacial score (nSPS) is 10.5. The minimum atomic E-state index is -0.511. The minimum Gasteiger partial charge on any atom is -0.323 e. The summed E-state index contributed by atoms with van der Waals surface area (Å²) in [5.74, 6) is -1.07. The Labute approximate surface area is 195 Å². The van der Waals surface area contributed by atoms with Crippen molar-refractivity contribution >= 4 is 74.1 Å². The largest absolute Gasteiger partial charge is 0.323 e. The maximum Gasteiger partial charge on any atom is 0.257 e. The van der Waals surface area contributed by atoms with Crippen LogP contribution in [0.5, 0.6) is 0 Å². The van der Waals surface area contributed by atoms with Crippen LogP contribution in [0.3, 0.4) is 0 Å². The number of carbonyl (C=O) groups excluding carboxylic acids is 2. The average molecular weight is 528 g/mol. The number of halogens is 4. The van der Waals surface area contributed by atoms with Crippen molar-refractivity contribution in [3.8, 4) is 0 Å². The fourth-order valence-corrected chi connectivity index (χ4v) is 3.96. The first-order valence-electron chi connectivity index (χ1n) is 8.56. The highest BCUT2D eigenvalue weighted by Gasteiger charge is 2.12. The molecule has 0 radical (unpaired) electrons. The van der Waals surface area contributed by atoms with E-state index in [0.717, 1.165) is 4.90 Å². The summed E-state index contributed by atoms with van der Waals surface area (Å²) in [5, 5.41) is 6.00. The first kappa shape index (κ1) is 22.6. The average Bonchev–Trinajstić information content (AvgIpc) is 2.69. The number of thioether (sulfide) groups is 1. The van der Waals surface area contributed by atoms with Gasteiger partial charge in [0.15, 0.2) is 0 Å². The Morgan fingerprint density at radius 1 is 0.967 bits per heavy atom. The molecule has 0 heterocycles. The van der Waals surface area contributed by atoms with E-state index >= 15 is 0 Å². The molecular formula is C21H14BrCl2FN2O2S. The second-order valence-corrected chi connectivity index (χ2v) is 8.87. The van der Waals surface area contributed by atoms with Gasteiger partial charge in [-0.25, -0.2) is 4.39 Å². The molecular weight excluding hydrogens is 514 g/mol. The van der Waals surface area contributed by atoms with Gasteiger partial charge < -0.3 is 10.6 Å². The van der Waals surface area contributed by atoms with Gasteiger partial charge in [0, 0.05) is 20.1 Å². The Kier molecular flexibility index (Phi) is 7.77. The molecule has 30 heavy (non-hydrogen) atoms. The van der Waals surface area contributed by atoms with Gasteiger partial charge in [-0.3, -0.25) is 9.59 Å². The maximum absolute atomic E-state index is 13.8. The lowest BCUT2D eigenvalue weighted by molar-refractivity contribution is -0.113. The predicted molar refractivity (Wildman–Crippen MR) is 124 cm³/mol. The van der Waals surface area contributed by atoms with Crippen LogP contribution in [0, 0.1) is 5.82 Å². The minimum absolute atomic E-state index is 0.113. The van der Waals surface area contributed by atoms with Crippen LogP contribution in [0.15, 0.2) is 70.0 Å². The SMILES string of the molecule is O=C(CSc1ccc(NC(=O)c2ccc(Cl)cc2Cl)cc1)Nc1ccc(Br)cc1F. The van der Waals surface area contributed by atoms with Gasteiger partial charge in [0.05, 0.1) is 22.0 Å². The molecule has 9 heteroatoms. The highest BCUT2D eigenvalue weighted by atomic mass is 79.9. The Morgan fingerprint density at radius 3 is 2.37 bits per heavy atom. The lowest BCUT2D eigenvalue weighted by atomic mass is 10.2. The van der Waals surface area contributed by atoms with Gasteiger partial charge in [-0.05, 0) is 60.7 Å². The smallest absolute Gasteiger partial charge is 0.257 e. The zero-order valence-corrected chi connectivity index (χ0v) is 19.1. The highest BCUT2D eigenvalue weighted by Crippen LogP contribution is 2.24. The van der Waals surface area contributed by atoms with E-state index in [4.69, 9.17) is 23.2 Å². The molecule has 154 valence electrons. The summed E-state index contributed by atoms with van der Waals surface area (Å²) >= 11 is 16.4. The van der Waals surface area contributed by atoms with E-state index < -0.39 is 5.82 Å². The number of carbonyl (C=O) groups is 2. The van der Waals surface area contributed by atoms with Gasteiger partial charge in [0.25, 0.3) is 5.91 Å². The van der Waals surface area contributed by atoms with Crippen LogP contribution in [0.25, 0.3) is 0 Å². The highest BCUT2D eigenvalue weighted by molar-refractivity contribution is 9.10. The summed E-state index contributed by atoms with van der Waals surface area (Å²) in [7, 11) is 0. The zero-order chi connectivity index (χ0) is 21.7. The molecule has 4 nitrogen and oxygen atoms in total. The summed E-state index contributed by atoms with van der Waals surface area (Å²) < 4.78 is 14.4. The van der Waals surface area contributed by atoms with Crippen molar-refractivity contribution in [3.05, 3.63) is 86.6 Å². The van der Waals surface area contributed by atoms with Crippen LogP contribution in [0.2, 0.25) is 10.0 Å². The molecule has 0 saturated carbocycles. The quantitative estimate of drug-likeness (QED) is 0.343. The third-order valence-corrected chi connectivity index (χ3v) is 5.92. The van der Waals surface area contributed by atoms with Crippen molar-refractivity contribution in [3.63, 3.8) is 0 Å². The van der Waals surface area contributed by atoms with E-state index in [1.54, 1.807) is 42.5 Å². The Bertz CT molecular complexity index is 1100. The van der Waals surface area contributed by atoms with Gasteiger partial charge >= 0.3 is 0 Å². The van der Waals surface area contributed by atoms with Crippen LogP contribution >= 0.6 is 50.9 Å². The Balaban J connectivity index is 1.54. The third-order valence-electron chi connectivity index (χ3n) is 3.86. The van der Waals surface area contributed by atoms with Crippen molar-refractivity contribution < 1.29 is 14.0 Å². The topological polar surface area (TPSA) is 58.2 Å². The van der Waals surface area contributed by atoms with E-state index in [2.05, 4.69) is 26.6 Å². The summed E-state index contributed by atoms with van der Waals surface area (Å²) in [6, 6.07) is 16.1. The van der Waals surface area contributed by atoms with Crippen molar-refractivity contribution in [2.45, 2.75) is 4.90 Å². The first-order chi connectivity index (χ1) is 14.3. The molecule has 3 aromatic carbocycles. The third kappa shape index (κ3) is 6.22. The molecule has 0 aliphatic heterocycles. The number of anilines is 2. The maximum atomic E-state index is 13.8. The van der Waals surface area contributed by atoms with Gasteiger partial charge in [-0.1, -0.05) is 39.1 Å². The van der Waals surface area contributed by atoms with Crippen molar-refractivity contribution in [2.75, 3.05) is 16.4 Å². The molecule has 2 amide bonds. The molecule has 2 N–H and O–H groups in total. The second kappa shape index (κ2) is 10.3. The number of amides is 2. The summed E-state index contributed by atoms with van der Waals surface area (Å²) in [4.78, 5) is 25.2. The Hall–Kier alpha value is -2.06. The molecule has 0 fully saturated rings. The molecule has 0 aromatic heterocycles. The number of hydrogen-bond donors (Lipinski definition) is 2. The monoisotopic (exact) mass is 526 g/mol. The van der Waals surface area contributed by atoms with E-state index in [-0.39, 0.29) is 28.3 Å². The molecule has 0 atom stereocenters. The van der Waals surface area contributed by atoms with Gasteiger partial charge in [0.1, 0.15) is 5.82 Å². The first-order valence-corrected chi connectivity index (χ1v) is 11.1. The summed E-state index contributed by atoms with van der Waals surface area (Å²) in [6.07, 6.45) is 0. The molecule has 0 spiro atoms. The van der Waals surface area contributed by atoms with Gasteiger partial charge in [-0.15, -0.1) is 11.8 Å². The number of hydrogen-bond acceptors (Lipinski definition) is 3. The molecule has 0 saturated heterocycles. The fourth-order valence-electron chi connectivity index (χ4n) is 2.43. The summed E-state index contributed by atoms with van der Waals surface area (Å²) in [5.41, 5.74) is 1.02. The number of rotatable bonds is 6. The van der Waals surface area contributed by atoms with Crippen molar-refractivity contribution in [1.82, 2.24) is 0 Å². The molecule has 0 bridgehead atoms. The lowest BCUT2D eigenvalue weighted by Crippen LogP contribution is -2.15. The standard InChI is InChI=1S/C21H14BrCl2FN2O2S/c22-12-1-8-19(18(25)9-12)27-20(28)11-30-15-5-3-14(4-6-15)26-21(29)16-7-2-13(23)10-17(16)24/h1-10H,11H2,(H,26,29)(H,27,28). The van der Waals surface area contributed by atoms with Crippen LogP contribution in [-0.4, -0.2) is 17.6 Å².